The number of benzene rings is 1. The zero-order chi connectivity index (χ0) is 22.4. The first kappa shape index (κ1) is 23.9. The van der Waals surface area contributed by atoms with Crippen LogP contribution in [0.3, 0.4) is 0 Å². The van der Waals surface area contributed by atoms with Crippen LogP contribution in [0, 0.1) is 11.8 Å². The van der Waals surface area contributed by atoms with Crippen LogP contribution in [0.25, 0.3) is 10.6 Å². The minimum atomic E-state index is 0.183. The maximum absolute atomic E-state index is 12.9. The van der Waals surface area contributed by atoms with Crippen LogP contribution in [0.1, 0.15) is 39.0 Å². The average molecular weight is 443 g/mol. The lowest BCUT2D eigenvalue weighted by molar-refractivity contribution is -0.131. The fourth-order valence-corrected chi connectivity index (χ4v) is 4.83. The number of thiazole rings is 1. The summed E-state index contributed by atoms with van der Waals surface area (Å²) in [5, 5.41) is 3.05. The standard InChI is InChI=1S/C25H38N4OS/c1-19(2)15-29(16-20(3)4)24(30)14-23-18-31-25(26-23)22-8-6-7-21(13-22)17-28-11-9-27(5)10-12-28/h6-8,13,18-20H,9-12,14-17H2,1-5H3. The maximum Gasteiger partial charge on any atom is 0.228 e. The van der Waals surface area contributed by atoms with Crippen molar-refractivity contribution in [2.45, 2.75) is 40.7 Å². The van der Waals surface area contributed by atoms with Crippen LogP contribution in [0.15, 0.2) is 29.6 Å². The van der Waals surface area contributed by atoms with E-state index in [2.05, 4.69) is 68.8 Å². The van der Waals surface area contributed by atoms with Crippen molar-refractivity contribution in [1.29, 1.82) is 0 Å². The molecule has 1 aromatic heterocycles. The molecule has 170 valence electrons. The van der Waals surface area contributed by atoms with Gasteiger partial charge in [0.15, 0.2) is 0 Å². The topological polar surface area (TPSA) is 39.7 Å². The van der Waals surface area contributed by atoms with Gasteiger partial charge in [-0.3, -0.25) is 9.69 Å². The predicted octanol–water partition coefficient (Wildman–Crippen LogP) is 4.24. The smallest absolute Gasteiger partial charge is 0.228 e. The van der Waals surface area contributed by atoms with Gasteiger partial charge in [0, 0.05) is 56.8 Å². The summed E-state index contributed by atoms with van der Waals surface area (Å²) >= 11 is 1.64. The summed E-state index contributed by atoms with van der Waals surface area (Å²) in [5.74, 6) is 1.12. The Morgan fingerprint density at radius 1 is 1.10 bits per heavy atom. The number of carbonyl (C=O) groups excluding carboxylic acids is 1. The summed E-state index contributed by atoms with van der Waals surface area (Å²) in [6, 6.07) is 8.71. The van der Waals surface area contributed by atoms with Crippen LogP contribution in [0.5, 0.6) is 0 Å². The van der Waals surface area contributed by atoms with Crippen LogP contribution < -0.4 is 0 Å². The van der Waals surface area contributed by atoms with E-state index in [4.69, 9.17) is 4.98 Å². The molecule has 2 heterocycles. The molecule has 0 bridgehead atoms. The molecule has 0 atom stereocenters. The van der Waals surface area contributed by atoms with E-state index in [0.29, 0.717) is 18.3 Å². The first-order valence-electron chi connectivity index (χ1n) is 11.5. The Bertz CT molecular complexity index is 830. The van der Waals surface area contributed by atoms with Crippen molar-refractivity contribution in [3.05, 3.63) is 40.9 Å². The normalized spacial score (nSPS) is 15.7. The van der Waals surface area contributed by atoms with E-state index < -0.39 is 0 Å². The van der Waals surface area contributed by atoms with Crippen molar-refractivity contribution in [1.82, 2.24) is 19.7 Å². The molecule has 0 spiro atoms. The zero-order valence-corrected chi connectivity index (χ0v) is 20.6. The maximum atomic E-state index is 12.9. The van der Waals surface area contributed by atoms with Crippen LogP contribution in [-0.4, -0.2) is 71.9 Å². The van der Waals surface area contributed by atoms with Gasteiger partial charge in [0.1, 0.15) is 5.01 Å². The summed E-state index contributed by atoms with van der Waals surface area (Å²) in [5.41, 5.74) is 3.36. The van der Waals surface area contributed by atoms with Crippen LogP contribution in [0.4, 0.5) is 0 Å². The lowest BCUT2D eigenvalue weighted by Crippen LogP contribution is -2.43. The van der Waals surface area contributed by atoms with Gasteiger partial charge in [-0.2, -0.15) is 0 Å². The highest BCUT2D eigenvalue weighted by molar-refractivity contribution is 7.13. The second-order valence-electron chi connectivity index (χ2n) is 9.69. The van der Waals surface area contributed by atoms with E-state index in [1.165, 1.54) is 5.56 Å². The molecule has 1 aromatic carbocycles. The first-order valence-corrected chi connectivity index (χ1v) is 12.4. The number of rotatable bonds is 9. The van der Waals surface area contributed by atoms with Gasteiger partial charge in [0.2, 0.25) is 5.91 Å². The highest BCUT2D eigenvalue weighted by Crippen LogP contribution is 2.25. The third-order valence-electron chi connectivity index (χ3n) is 5.58. The summed E-state index contributed by atoms with van der Waals surface area (Å²) in [6.45, 7) is 15.8. The second-order valence-corrected chi connectivity index (χ2v) is 10.5. The molecule has 1 fully saturated rings. The molecule has 0 radical (unpaired) electrons. The molecule has 1 saturated heterocycles. The van der Waals surface area contributed by atoms with Gasteiger partial charge in [-0.1, -0.05) is 45.9 Å². The SMILES string of the molecule is CC(C)CN(CC(C)C)C(=O)Cc1csc(-c2cccc(CN3CCN(C)CC3)c2)n1. The number of nitrogens with zero attached hydrogens (tertiary/aromatic N) is 4. The molecular weight excluding hydrogens is 404 g/mol. The molecule has 1 amide bonds. The molecule has 1 aliphatic rings. The summed E-state index contributed by atoms with van der Waals surface area (Å²) in [6.07, 6.45) is 0.386. The van der Waals surface area contributed by atoms with Crippen molar-refractivity contribution in [2.75, 3.05) is 46.3 Å². The quantitative estimate of drug-likeness (QED) is 0.582. The third-order valence-corrected chi connectivity index (χ3v) is 6.52. The largest absolute Gasteiger partial charge is 0.342 e. The number of amides is 1. The van der Waals surface area contributed by atoms with Crippen molar-refractivity contribution in [2.24, 2.45) is 11.8 Å². The minimum Gasteiger partial charge on any atom is -0.342 e. The second kappa shape index (κ2) is 11.2. The van der Waals surface area contributed by atoms with Gasteiger partial charge in [0.05, 0.1) is 12.1 Å². The molecular formula is C25H38N4OS. The Kier molecular flexibility index (Phi) is 8.64. The molecule has 2 aromatic rings. The Morgan fingerprint density at radius 3 is 2.42 bits per heavy atom. The monoisotopic (exact) mass is 442 g/mol. The van der Waals surface area contributed by atoms with Gasteiger partial charge in [-0.25, -0.2) is 4.98 Å². The Balaban J connectivity index is 1.64. The Labute approximate surface area is 192 Å². The summed E-state index contributed by atoms with van der Waals surface area (Å²) in [4.78, 5) is 24.6. The van der Waals surface area contributed by atoms with Crippen molar-refractivity contribution in [3.63, 3.8) is 0 Å². The lowest BCUT2D eigenvalue weighted by Gasteiger charge is -2.32. The number of hydrogen-bond donors (Lipinski definition) is 0. The number of aromatic nitrogens is 1. The molecule has 5 nitrogen and oxygen atoms in total. The molecule has 31 heavy (non-hydrogen) atoms. The van der Waals surface area contributed by atoms with Gasteiger partial charge in [0.25, 0.3) is 0 Å². The summed E-state index contributed by atoms with van der Waals surface area (Å²) < 4.78 is 0. The van der Waals surface area contributed by atoms with E-state index in [9.17, 15) is 4.79 Å². The predicted molar refractivity (Wildman–Crippen MR) is 130 cm³/mol. The van der Waals surface area contributed by atoms with E-state index in [-0.39, 0.29) is 5.91 Å². The first-order chi connectivity index (χ1) is 14.8. The van der Waals surface area contributed by atoms with E-state index in [1.54, 1.807) is 11.3 Å². The molecule has 0 unspecified atom stereocenters. The molecule has 3 rings (SSSR count). The fraction of sp³-hybridized carbons (Fsp3) is 0.600. The van der Waals surface area contributed by atoms with Crippen molar-refractivity contribution < 1.29 is 4.79 Å². The van der Waals surface area contributed by atoms with Crippen LogP contribution in [0.2, 0.25) is 0 Å². The van der Waals surface area contributed by atoms with Crippen molar-refractivity contribution in [3.8, 4) is 10.6 Å². The number of likely N-dealkylation sites (N-methyl/N-ethyl adjacent to an activating group) is 1. The molecule has 0 N–H and O–H groups in total. The number of hydrogen-bond acceptors (Lipinski definition) is 5. The van der Waals surface area contributed by atoms with Gasteiger partial charge in [-0.15, -0.1) is 11.3 Å². The Morgan fingerprint density at radius 2 is 1.77 bits per heavy atom. The fourth-order valence-electron chi connectivity index (χ4n) is 4.01. The van der Waals surface area contributed by atoms with Gasteiger partial charge >= 0.3 is 0 Å². The average Bonchev–Trinajstić information content (AvgIpc) is 3.17. The van der Waals surface area contributed by atoms with E-state index in [0.717, 1.165) is 62.1 Å². The molecule has 0 saturated carbocycles. The Hall–Kier alpha value is -1.76. The third kappa shape index (κ3) is 7.41. The summed E-state index contributed by atoms with van der Waals surface area (Å²) in [7, 11) is 2.19. The lowest BCUT2D eigenvalue weighted by atomic mass is 10.1. The van der Waals surface area contributed by atoms with Crippen LogP contribution >= 0.6 is 11.3 Å². The van der Waals surface area contributed by atoms with Crippen LogP contribution in [-0.2, 0) is 17.8 Å². The minimum absolute atomic E-state index is 0.183. The molecule has 1 aliphatic heterocycles. The molecule has 6 heteroatoms. The van der Waals surface area contributed by atoms with E-state index >= 15 is 0 Å². The highest BCUT2D eigenvalue weighted by Gasteiger charge is 2.19. The van der Waals surface area contributed by atoms with Crippen molar-refractivity contribution >= 4 is 17.2 Å². The van der Waals surface area contributed by atoms with E-state index in [1.807, 2.05) is 10.3 Å². The highest BCUT2D eigenvalue weighted by atomic mass is 32.1. The number of carbonyl (C=O) groups is 1. The zero-order valence-electron chi connectivity index (χ0n) is 19.8. The number of piperazine rings is 1. The van der Waals surface area contributed by atoms with Gasteiger partial charge in [-0.05, 0) is 30.5 Å². The molecule has 0 aliphatic carbocycles. The van der Waals surface area contributed by atoms with Gasteiger partial charge < -0.3 is 9.80 Å².